The molecule has 0 aliphatic carbocycles. The molecule has 1 atom stereocenters. The largest absolute Gasteiger partial charge is 0.573 e. The molecule has 0 bridgehead atoms. The van der Waals surface area contributed by atoms with Crippen LogP contribution in [0.2, 0.25) is 0 Å². The minimum atomic E-state index is -4.85. The highest BCUT2D eigenvalue weighted by atomic mass is 19.4. The van der Waals surface area contributed by atoms with Crippen molar-refractivity contribution in [3.05, 3.63) is 54.1 Å². The van der Waals surface area contributed by atoms with Gasteiger partial charge in [-0.1, -0.05) is 12.1 Å². The summed E-state index contributed by atoms with van der Waals surface area (Å²) < 4.78 is 41.0. The van der Waals surface area contributed by atoms with Gasteiger partial charge in [-0.25, -0.2) is 4.79 Å². The maximum absolute atomic E-state index is 13.0. The molecule has 4 amide bonds. The van der Waals surface area contributed by atoms with Crippen LogP contribution < -0.4 is 20.3 Å². The maximum atomic E-state index is 13.0. The lowest BCUT2D eigenvalue weighted by atomic mass is 9.92. The minimum Gasteiger partial charge on any atom is -0.406 e. The molecule has 186 valence electrons. The van der Waals surface area contributed by atoms with E-state index in [0.29, 0.717) is 5.69 Å². The Labute approximate surface area is 200 Å². The Hall–Kier alpha value is -3.76. The molecule has 8 nitrogen and oxygen atoms in total. The Balaban J connectivity index is 1.38. The van der Waals surface area contributed by atoms with Crippen LogP contribution in [0.25, 0.3) is 0 Å². The van der Waals surface area contributed by atoms with Crippen molar-refractivity contribution in [3.63, 3.8) is 0 Å². The predicted octanol–water partition coefficient (Wildman–Crippen LogP) is 3.98. The first-order chi connectivity index (χ1) is 16.5. The van der Waals surface area contributed by atoms with Gasteiger partial charge in [-0.3, -0.25) is 14.5 Å². The van der Waals surface area contributed by atoms with Gasteiger partial charge < -0.3 is 20.3 Å². The Morgan fingerprint density at radius 2 is 1.66 bits per heavy atom. The van der Waals surface area contributed by atoms with E-state index >= 15 is 0 Å². The molecule has 1 unspecified atom stereocenters. The summed E-state index contributed by atoms with van der Waals surface area (Å²) in [5.74, 6) is -1.70. The highest BCUT2D eigenvalue weighted by molar-refractivity contribution is 6.10. The van der Waals surface area contributed by atoms with E-state index in [4.69, 9.17) is 0 Å². The zero-order chi connectivity index (χ0) is 25.2. The van der Waals surface area contributed by atoms with Gasteiger partial charge in [-0.05, 0) is 68.1 Å². The maximum Gasteiger partial charge on any atom is 0.573 e. The van der Waals surface area contributed by atoms with E-state index in [-0.39, 0.29) is 5.56 Å². The molecule has 0 aromatic heterocycles. The average Bonchev–Trinajstić information content (AvgIpc) is 3.03. The quantitative estimate of drug-likeness (QED) is 0.598. The van der Waals surface area contributed by atoms with E-state index in [1.165, 1.54) is 25.5 Å². The zero-order valence-corrected chi connectivity index (χ0v) is 19.0. The number of amides is 4. The van der Waals surface area contributed by atoms with Crippen LogP contribution in [0, 0.1) is 0 Å². The smallest absolute Gasteiger partial charge is 0.406 e. The Morgan fingerprint density at radius 1 is 1.03 bits per heavy atom. The first-order valence-electron chi connectivity index (χ1n) is 11.2. The van der Waals surface area contributed by atoms with Gasteiger partial charge in [-0.15, -0.1) is 13.2 Å². The first-order valence-corrected chi connectivity index (χ1v) is 11.2. The molecule has 2 aliphatic rings. The van der Waals surface area contributed by atoms with Crippen LogP contribution in [0.1, 0.15) is 31.7 Å². The summed E-state index contributed by atoms with van der Waals surface area (Å²) in [6.45, 7) is 2.90. The molecule has 35 heavy (non-hydrogen) atoms. The normalized spacial score (nSPS) is 20.6. The fraction of sp³-hybridized carbons (Fsp3) is 0.375. The number of nitrogens with one attached hydrogen (secondary N) is 2. The molecule has 0 spiro atoms. The molecule has 11 heteroatoms. The molecular weight excluding hydrogens is 465 g/mol. The van der Waals surface area contributed by atoms with Crippen molar-refractivity contribution in [3.8, 4) is 5.75 Å². The summed E-state index contributed by atoms with van der Waals surface area (Å²) >= 11 is 0. The lowest BCUT2D eigenvalue weighted by Gasteiger charge is -2.28. The van der Waals surface area contributed by atoms with Gasteiger partial charge >= 0.3 is 12.4 Å². The highest BCUT2D eigenvalue weighted by Crippen LogP contribution is 2.31. The van der Waals surface area contributed by atoms with Crippen molar-refractivity contribution in [2.75, 3.05) is 29.9 Å². The molecule has 0 radical (unpaired) electrons. The van der Waals surface area contributed by atoms with Crippen LogP contribution in [-0.2, 0) is 15.1 Å². The number of rotatable bonds is 6. The minimum absolute atomic E-state index is 0.251. The molecule has 2 aromatic rings. The van der Waals surface area contributed by atoms with Crippen LogP contribution >= 0.6 is 0 Å². The predicted molar refractivity (Wildman–Crippen MR) is 122 cm³/mol. The number of imide groups is 1. The summed E-state index contributed by atoms with van der Waals surface area (Å²) in [6.07, 6.45) is -1.32. The standard InChI is InChI=1S/C24H25F3N4O4/c1-23(16-5-11-19(12-6-16)35-24(25,26)27)21(33)31(22(34)29-23)15-20(32)28-17-7-9-18(10-8-17)30-13-3-2-4-14-30/h5-12H,2-4,13-15H2,1H3,(H,28,32)(H,29,34). The van der Waals surface area contributed by atoms with Gasteiger partial charge in [0.05, 0.1) is 0 Å². The molecule has 2 N–H and O–H groups in total. The number of urea groups is 1. The third-order valence-corrected chi connectivity index (χ3v) is 6.11. The number of carbonyl (C=O) groups is 3. The third kappa shape index (κ3) is 5.50. The van der Waals surface area contributed by atoms with Crippen molar-refractivity contribution >= 4 is 29.2 Å². The van der Waals surface area contributed by atoms with Crippen molar-refractivity contribution < 1.29 is 32.3 Å². The Bertz CT molecular complexity index is 1100. The number of benzene rings is 2. The van der Waals surface area contributed by atoms with Gasteiger partial charge in [0, 0.05) is 24.5 Å². The Kier molecular flexibility index (Phi) is 6.60. The zero-order valence-electron chi connectivity index (χ0n) is 19.0. The summed E-state index contributed by atoms with van der Waals surface area (Å²) in [7, 11) is 0. The summed E-state index contributed by atoms with van der Waals surface area (Å²) in [5.41, 5.74) is 0.316. The van der Waals surface area contributed by atoms with Crippen LogP contribution in [-0.4, -0.2) is 48.7 Å². The number of hydrogen-bond acceptors (Lipinski definition) is 5. The first kappa shape index (κ1) is 24.4. The number of ether oxygens (including phenoxy) is 1. The fourth-order valence-corrected chi connectivity index (χ4v) is 4.28. The van der Waals surface area contributed by atoms with E-state index in [1.807, 2.05) is 12.1 Å². The lowest BCUT2D eigenvalue weighted by Crippen LogP contribution is -2.42. The molecule has 2 heterocycles. The number of hydrogen-bond donors (Lipinski definition) is 2. The molecule has 2 aliphatic heterocycles. The van der Waals surface area contributed by atoms with E-state index in [1.54, 1.807) is 12.1 Å². The van der Waals surface area contributed by atoms with Gasteiger partial charge in [0.2, 0.25) is 5.91 Å². The van der Waals surface area contributed by atoms with Gasteiger partial charge in [0.1, 0.15) is 17.8 Å². The monoisotopic (exact) mass is 490 g/mol. The van der Waals surface area contributed by atoms with E-state index in [0.717, 1.165) is 48.7 Å². The number of anilines is 2. The average molecular weight is 490 g/mol. The van der Waals surface area contributed by atoms with Gasteiger partial charge in [0.25, 0.3) is 5.91 Å². The van der Waals surface area contributed by atoms with Gasteiger partial charge in [0.15, 0.2) is 0 Å². The lowest BCUT2D eigenvalue weighted by molar-refractivity contribution is -0.274. The molecule has 2 fully saturated rings. The summed E-state index contributed by atoms with van der Waals surface area (Å²) in [4.78, 5) is 41.1. The molecule has 0 saturated carbocycles. The van der Waals surface area contributed by atoms with Gasteiger partial charge in [-0.2, -0.15) is 0 Å². The SMILES string of the molecule is CC1(c2ccc(OC(F)(F)F)cc2)NC(=O)N(CC(=O)Nc2ccc(N3CCCCC3)cc2)C1=O. The van der Waals surface area contributed by atoms with E-state index < -0.39 is 42.0 Å². The number of nitrogens with zero attached hydrogens (tertiary/aromatic N) is 2. The molecular formula is C24H25F3N4O4. The van der Waals surface area contributed by atoms with Crippen molar-refractivity contribution in [1.29, 1.82) is 0 Å². The second-order valence-electron chi connectivity index (χ2n) is 8.66. The van der Waals surface area contributed by atoms with Crippen LogP contribution in [0.4, 0.5) is 29.3 Å². The van der Waals surface area contributed by atoms with Crippen LogP contribution in [0.3, 0.4) is 0 Å². The molecule has 2 saturated heterocycles. The molecule has 4 rings (SSSR count). The Morgan fingerprint density at radius 3 is 2.26 bits per heavy atom. The number of alkyl halides is 3. The van der Waals surface area contributed by atoms with Crippen LogP contribution in [0.15, 0.2) is 48.5 Å². The second-order valence-corrected chi connectivity index (χ2v) is 8.66. The summed E-state index contributed by atoms with van der Waals surface area (Å²) in [5, 5.41) is 5.20. The number of piperidine rings is 1. The van der Waals surface area contributed by atoms with E-state index in [2.05, 4.69) is 20.3 Å². The topological polar surface area (TPSA) is 91.0 Å². The fourth-order valence-electron chi connectivity index (χ4n) is 4.28. The van der Waals surface area contributed by atoms with Crippen molar-refractivity contribution in [2.24, 2.45) is 0 Å². The van der Waals surface area contributed by atoms with Crippen LogP contribution in [0.5, 0.6) is 5.75 Å². The highest BCUT2D eigenvalue weighted by Gasteiger charge is 2.49. The molecule has 2 aromatic carbocycles. The number of halogens is 3. The summed E-state index contributed by atoms with van der Waals surface area (Å²) in [6, 6.07) is 11.2. The van der Waals surface area contributed by atoms with E-state index in [9.17, 15) is 27.6 Å². The second kappa shape index (κ2) is 9.47. The van der Waals surface area contributed by atoms with Crippen molar-refractivity contribution in [1.82, 2.24) is 10.2 Å². The number of carbonyl (C=O) groups excluding carboxylic acids is 3. The van der Waals surface area contributed by atoms with Crippen molar-refractivity contribution in [2.45, 2.75) is 38.1 Å². The third-order valence-electron chi connectivity index (χ3n) is 6.11.